The van der Waals surface area contributed by atoms with E-state index >= 15 is 0 Å². The summed E-state index contributed by atoms with van der Waals surface area (Å²) in [7, 11) is 0. The molecule has 4 nitrogen and oxygen atoms in total. The van der Waals surface area contributed by atoms with Crippen molar-refractivity contribution in [2.75, 3.05) is 16.8 Å². The van der Waals surface area contributed by atoms with Gasteiger partial charge in [-0.25, -0.2) is 0 Å². The van der Waals surface area contributed by atoms with Crippen molar-refractivity contribution >= 4 is 50.7 Å². The maximum absolute atomic E-state index is 12.5. The molecule has 6 heteroatoms. The minimum absolute atomic E-state index is 0.159. The summed E-state index contributed by atoms with van der Waals surface area (Å²) in [6, 6.07) is 10.7. The first-order valence-corrected chi connectivity index (χ1v) is 9.30. The zero-order valence-corrected chi connectivity index (χ0v) is 16.2. The van der Waals surface area contributed by atoms with E-state index in [1.54, 1.807) is 18.2 Å². The highest BCUT2D eigenvalue weighted by Gasteiger charge is 2.21. The Labute approximate surface area is 160 Å². The molecule has 25 heavy (non-hydrogen) atoms. The minimum Gasteiger partial charge on any atom is -0.322 e. The van der Waals surface area contributed by atoms with E-state index in [9.17, 15) is 9.59 Å². The van der Waals surface area contributed by atoms with Crippen molar-refractivity contribution in [1.29, 1.82) is 0 Å². The number of carbonyl (C=O) groups is 2. The van der Waals surface area contributed by atoms with Gasteiger partial charge >= 0.3 is 0 Å². The van der Waals surface area contributed by atoms with Crippen LogP contribution in [0.1, 0.15) is 35.2 Å². The average molecular weight is 422 g/mol. The van der Waals surface area contributed by atoms with Crippen LogP contribution in [0, 0.1) is 6.92 Å². The van der Waals surface area contributed by atoms with E-state index in [0.29, 0.717) is 22.7 Å². The van der Waals surface area contributed by atoms with Gasteiger partial charge in [0.05, 0.1) is 10.6 Å². The molecule has 0 aliphatic carbocycles. The van der Waals surface area contributed by atoms with Gasteiger partial charge in [0, 0.05) is 28.8 Å². The maximum atomic E-state index is 12.5. The standard InChI is InChI=1S/C19H18BrClN2O2/c1-12-10-14(6-8-17(12)23-9-3-2-4-18(23)24)22-19(25)15-11-13(20)5-7-16(15)21/h5-8,10-11H,2-4,9H2,1H3,(H,22,25). The molecule has 1 saturated heterocycles. The number of carbonyl (C=O) groups excluding carboxylic acids is 2. The van der Waals surface area contributed by atoms with Crippen molar-refractivity contribution in [1.82, 2.24) is 0 Å². The topological polar surface area (TPSA) is 49.4 Å². The van der Waals surface area contributed by atoms with Gasteiger partial charge in [-0.3, -0.25) is 9.59 Å². The van der Waals surface area contributed by atoms with Crippen LogP contribution in [0.5, 0.6) is 0 Å². The Morgan fingerprint density at radius 2 is 2.00 bits per heavy atom. The van der Waals surface area contributed by atoms with Gasteiger partial charge in [-0.05, 0) is 61.7 Å². The second-order valence-electron chi connectivity index (χ2n) is 6.08. The first kappa shape index (κ1) is 18.0. The largest absolute Gasteiger partial charge is 0.322 e. The summed E-state index contributed by atoms with van der Waals surface area (Å²) in [5, 5.41) is 3.26. The first-order valence-electron chi connectivity index (χ1n) is 8.13. The summed E-state index contributed by atoms with van der Waals surface area (Å²) in [5.74, 6) is -0.112. The molecule has 1 fully saturated rings. The predicted octanol–water partition coefficient (Wildman–Crippen LogP) is 5.18. The van der Waals surface area contributed by atoms with Crippen molar-refractivity contribution < 1.29 is 9.59 Å². The highest BCUT2D eigenvalue weighted by atomic mass is 79.9. The van der Waals surface area contributed by atoms with Crippen LogP contribution in [-0.4, -0.2) is 18.4 Å². The fourth-order valence-electron chi connectivity index (χ4n) is 2.97. The molecule has 1 heterocycles. The number of piperidine rings is 1. The summed E-state index contributed by atoms with van der Waals surface area (Å²) in [5.41, 5.74) is 2.94. The first-order chi connectivity index (χ1) is 12.0. The molecule has 0 unspecified atom stereocenters. The summed E-state index contributed by atoms with van der Waals surface area (Å²) in [4.78, 5) is 26.4. The number of nitrogens with one attached hydrogen (secondary N) is 1. The number of aryl methyl sites for hydroxylation is 1. The molecular formula is C19H18BrClN2O2. The second kappa shape index (κ2) is 7.58. The van der Waals surface area contributed by atoms with Crippen LogP contribution in [0.25, 0.3) is 0 Å². The molecule has 1 aliphatic rings. The fraction of sp³-hybridized carbons (Fsp3) is 0.263. The smallest absolute Gasteiger partial charge is 0.257 e. The van der Waals surface area contributed by atoms with Crippen LogP contribution >= 0.6 is 27.5 Å². The molecular weight excluding hydrogens is 404 g/mol. The van der Waals surface area contributed by atoms with Gasteiger partial charge in [-0.2, -0.15) is 0 Å². The van der Waals surface area contributed by atoms with Gasteiger partial charge in [-0.15, -0.1) is 0 Å². The second-order valence-corrected chi connectivity index (χ2v) is 7.40. The minimum atomic E-state index is -0.271. The van der Waals surface area contributed by atoms with E-state index in [2.05, 4.69) is 21.2 Å². The monoisotopic (exact) mass is 420 g/mol. The van der Waals surface area contributed by atoms with Crippen LogP contribution in [0.4, 0.5) is 11.4 Å². The van der Waals surface area contributed by atoms with Crippen molar-refractivity contribution in [3.63, 3.8) is 0 Å². The molecule has 0 radical (unpaired) electrons. The predicted molar refractivity (Wildman–Crippen MR) is 104 cm³/mol. The zero-order chi connectivity index (χ0) is 18.0. The lowest BCUT2D eigenvalue weighted by atomic mass is 10.1. The Morgan fingerprint density at radius 1 is 1.20 bits per heavy atom. The number of hydrogen-bond acceptors (Lipinski definition) is 2. The van der Waals surface area contributed by atoms with Crippen molar-refractivity contribution in [3.05, 3.63) is 57.0 Å². The summed E-state index contributed by atoms with van der Waals surface area (Å²) in [6.07, 6.45) is 2.57. The summed E-state index contributed by atoms with van der Waals surface area (Å²) in [6.45, 7) is 2.69. The highest BCUT2D eigenvalue weighted by molar-refractivity contribution is 9.10. The van der Waals surface area contributed by atoms with E-state index in [4.69, 9.17) is 11.6 Å². The van der Waals surface area contributed by atoms with E-state index in [-0.39, 0.29) is 11.8 Å². The molecule has 2 aromatic rings. The third-order valence-corrected chi connectivity index (χ3v) is 5.06. The molecule has 0 spiro atoms. The van der Waals surface area contributed by atoms with Crippen molar-refractivity contribution in [2.45, 2.75) is 26.2 Å². The Balaban J connectivity index is 1.80. The molecule has 0 aromatic heterocycles. The lowest BCUT2D eigenvalue weighted by Gasteiger charge is -2.28. The van der Waals surface area contributed by atoms with Crippen LogP contribution in [0.2, 0.25) is 5.02 Å². The van der Waals surface area contributed by atoms with Crippen LogP contribution in [0.15, 0.2) is 40.9 Å². The van der Waals surface area contributed by atoms with E-state index in [1.807, 2.05) is 30.0 Å². The van der Waals surface area contributed by atoms with Crippen LogP contribution in [0.3, 0.4) is 0 Å². The molecule has 3 rings (SSSR count). The third-order valence-electron chi connectivity index (χ3n) is 4.24. The zero-order valence-electron chi connectivity index (χ0n) is 13.8. The summed E-state index contributed by atoms with van der Waals surface area (Å²) >= 11 is 9.45. The van der Waals surface area contributed by atoms with Crippen molar-refractivity contribution in [3.8, 4) is 0 Å². The molecule has 2 amide bonds. The normalized spacial score (nSPS) is 14.5. The number of amides is 2. The highest BCUT2D eigenvalue weighted by Crippen LogP contribution is 2.28. The van der Waals surface area contributed by atoms with Gasteiger partial charge in [0.15, 0.2) is 0 Å². The van der Waals surface area contributed by atoms with Crippen LogP contribution < -0.4 is 10.2 Å². The number of anilines is 2. The number of nitrogens with zero attached hydrogens (tertiary/aromatic N) is 1. The van der Waals surface area contributed by atoms with Gasteiger partial charge in [0.1, 0.15) is 0 Å². The van der Waals surface area contributed by atoms with Gasteiger partial charge < -0.3 is 10.2 Å². The summed E-state index contributed by atoms with van der Waals surface area (Å²) < 4.78 is 0.789. The van der Waals surface area contributed by atoms with Crippen LogP contribution in [-0.2, 0) is 4.79 Å². The molecule has 0 saturated carbocycles. The third kappa shape index (κ3) is 4.05. The van der Waals surface area contributed by atoms with E-state index in [0.717, 1.165) is 35.1 Å². The molecule has 1 aliphatic heterocycles. The lowest BCUT2D eigenvalue weighted by Crippen LogP contribution is -2.35. The number of benzene rings is 2. The Bertz CT molecular complexity index is 838. The number of halogens is 2. The molecule has 0 atom stereocenters. The Hall–Kier alpha value is -1.85. The maximum Gasteiger partial charge on any atom is 0.257 e. The lowest BCUT2D eigenvalue weighted by molar-refractivity contribution is -0.119. The van der Waals surface area contributed by atoms with Gasteiger partial charge in [0.25, 0.3) is 5.91 Å². The number of rotatable bonds is 3. The van der Waals surface area contributed by atoms with Gasteiger partial charge in [-0.1, -0.05) is 27.5 Å². The Morgan fingerprint density at radius 3 is 2.72 bits per heavy atom. The number of hydrogen-bond donors (Lipinski definition) is 1. The van der Waals surface area contributed by atoms with E-state index < -0.39 is 0 Å². The molecule has 2 aromatic carbocycles. The molecule has 1 N–H and O–H groups in total. The molecule has 0 bridgehead atoms. The molecule has 130 valence electrons. The van der Waals surface area contributed by atoms with Crippen molar-refractivity contribution in [2.24, 2.45) is 0 Å². The average Bonchev–Trinajstić information content (AvgIpc) is 2.58. The van der Waals surface area contributed by atoms with Gasteiger partial charge in [0.2, 0.25) is 5.91 Å². The quantitative estimate of drug-likeness (QED) is 0.742. The SMILES string of the molecule is Cc1cc(NC(=O)c2cc(Br)ccc2Cl)ccc1N1CCCCC1=O. The van der Waals surface area contributed by atoms with E-state index in [1.165, 1.54) is 0 Å². The fourth-order valence-corrected chi connectivity index (χ4v) is 3.53. The Kier molecular flexibility index (Phi) is 5.45.